The molecule has 5 nitrogen and oxygen atoms in total. The molecule has 0 fully saturated rings. The Labute approximate surface area is 200 Å². The average Bonchev–Trinajstić information content (AvgIpc) is 2.71. The Morgan fingerprint density at radius 2 is 1.08 bits per heavy atom. The quantitative estimate of drug-likeness (QED) is 0.123. The summed E-state index contributed by atoms with van der Waals surface area (Å²) in [5.41, 5.74) is 0. The van der Waals surface area contributed by atoms with Crippen LogP contribution in [0.4, 0.5) is 74.6 Å². The molecule has 0 aromatic heterocycles. The Kier molecular flexibility index (Phi) is 9.60. The van der Waals surface area contributed by atoms with Crippen LogP contribution in [0.2, 0.25) is 0 Å². The normalized spacial score (nSPS) is 16.3. The molecule has 0 bridgehead atoms. The van der Waals surface area contributed by atoms with Crippen molar-refractivity contribution in [1.29, 1.82) is 0 Å². The van der Waals surface area contributed by atoms with Crippen LogP contribution in [0.1, 0.15) is 19.8 Å². The van der Waals surface area contributed by atoms with Gasteiger partial charge in [-0.2, -0.15) is 79.4 Å². The average molecular weight is 625 g/mol. The van der Waals surface area contributed by atoms with Crippen LogP contribution < -0.4 is 4.72 Å². The second kappa shape index (κ2) is 10.2. The van der Waals surface area contributed by atoms with Crippen LogP contribution in [0, 0.1) is 0 Å². The summed E-state index contributed by atoms with van der Waals surface area (Å²) in [6.45, 7) is 3.81. The van der Waals surface area contributed by atoms with E-state index in [0.717, 1.165) is 6.92 Å². The third-order valence-electron chi connectivity index (χ3n) is 4.29. The number of esters is 1. The number of ether oxygens (including phenoxy) is 1. The van der Waals surface area contributed by atoms with E-state index in [1.165, 1.54) is 0 Å². The van der Waals surface area contributed by atoms with E-state index in [1.807, 2.05) is 0 Å². The molecule has 0 aliphatic rings. The largest absolute Gasteiger partial charge is 0.460 e. The van der Waals surface area contributed by atoms with Crippen molar-refractivity contribution in [3.63, 3.8) is 0 Å². The number of nitrogens with one attached hydrogen (secondary N) is 1. The molecule has 1 atom stereocenters. The highest BCUT2D eigenvalue weighted by molar-refractivity contribution is 7.90. The van der Waals surface area contributed by atoms with Gasteiger partial charge in [-0.25, -0.2) is 13.2 Å². The molecular formula is C15H12F17NO4S. The van der Waals surface area contributed by atoms with E-state index in [4.69, 9.17) is 0 Å². The van der Waals surface area contributed by atoms with Gasteiger partial charge in [0.25, 0.3) is 10.0 Å². The number of carbonyl (C=O) groups excluding carboxylic acids is 1. The van der Waals surface area contributed by atoms with E-state index in [-0.39, 0.29) is 12.5 Å². The van der Waals surface area contributed by atoms with E-state index in [2.05, 4.69) is 11.3 Å². The Balaban J connectivity index is 6.86. The van der Waals surface area contributed by atoms with Crippen molar-refractivity contribution in [2.75, 3.05) is 0 Å². The van der Waals surface area contributed by atoms with E-state index in [1.54, 1.807) is 0 Å². The monoisotopic (exact) mass is 625 g/mol. The molecule has 23 heteroatoms. The lowest BCUT2D eigenvalue weighted by molar-refractivity contribution is -0.458. The van der Waals surface area contributed by atoms with Gasteiger partial charge in [0.15, 0.2) is 6.23 Å². The molecule has 0 aliphatic carbocycles. The van der Waals surface area contributed by atoms with Gasteiger partial charge in [0.05, 0.1) is 0 Å². The second-order valence-corrected chi connectivity index (χ2v) is 8.76. The molecule has 0 rings (SSSR count). The molecule has 0 spiro atoms. The number of hydrogen-bond donors (Lipinski definition) is 1. The number of halogens is 17. The third kappa shape index (κ3) is 5.22. The minimum Gasteiger partial charge on any atom is -0.442 e. The van der Waals surface area contributed by atoms with E-state index < -0.39 is 75.6 Å². The first-order chi connectivity index (χ1) is 16.4. The molecule has 0 heterocycles. The van der Waals surface area contributed by atoms with Crippen LogP contribution in [0.15, 0.2) is 12.7 Å². The molecule has 0 amide bonds. The minimum atomic E-state index is -8.93. The van der Waals surface area contributed by atoms with Crippen molar-refractivity contribution >= 4 is 16.0 Å². The summed E-state index contributed by atoms with van der Waals surface area (Å²) in [6.07, 6.45) is -11.7. The molecule has 1 unspecified atom stereocenters. The van der Waals surface area contributed by atoms with Gasteiger partial charge in [-0.1, -0.05) is 19.9 Å². The predicted octanol–water partition coefficient (Wildman–Crippen LogP) is 5.73. The summed E-state index contributed by atoms with van der Waals surface area (Å²) in [5.74, 6) is -53.8. The van der Waals surface area contributed by atoms with Gasteiger partial charge in [-0.3, -0.25) is 0 Å². The first-order valence-corrected chi connectivity index (χ1v) is 10.4. The lowest BCUT2D eigenvalue weighted by Crippen LogP contribution is -2.75. The highest BCUT2D eigenvalue weighted by Gasteiger charge is 2.96. The van der Waals surface area contributed by atoms with E-state index in [0.29, 0.717) is 4.72 Å². The van der Waals surface area contributed by atoms with Gasteiger partial charge in [-0.05, 0) is 6.42 Å². The molecule has 0 aromatic rings. The van der Waals surface area contributed by atoms with Crippen molar-refractivity contribution in [3.8, 4) is 0 Å². The maximum absolute atomic E-state index is 14.0. The van der Waals surface area contributed by atoms with Gasteiger partial charge in [-0.15, -0.1) is 0 Å². The smallest absolute Gasteiger partial charge is 0.442 e. The fourth-order valence-corrected chi connectivity index (χ4v) is 3.28. The molecular weight excluding hydrogens is 613 g/mol. The highest BCUT2D eigenvalue weighted by Crippen LogP contribution is 2.64. The molecule has 0 aromatic carbocycles. The second-order valence-electron chi connectivity index (χ2n) is 7.00. The fraction of sp³-hybridized carbons (Fsp3) is 0.800. The van der Waals surface area contributed by atoms with Crippen molar-refractivity contribution in [2.45, 2.75) is 73.0 Å². The fourth-order valence-electron chi connectivity index (χ4n) is 2.16. The third-order valence-corrected chi connectivity index (χ3v) is 5.80. The van der Waals surface area contributed by atoms with Crippen LogP contribution in [-0.2, 0) is 19.6 Å². The van der Waals surface area contributed by atoms with Crippen molar-refractivity contribution in [2.24, 2.45) is 0 Å². The Bertz CT molecular complexity index is 990. The summed E-state index contributed by atoms with van der Waals surface area (Å²) in [4.78, 5) is 11.1. The Morgan fingerprint density at radius 3 is 1.39 bits per heavy atom. The van der Waals surface area contributed by atoms with Crippen LogP contribution in [0.5, 0.6) is 0 Å². The topological polar surface area (TPSA) is 72.5 Å². The molecule has 0 radical (unpaired) electrons. The maximum atomic E-state index is 14.0. The lowest BCUT2D eigenvalue weighted by Gasteiger charge is -2.42. The highest BCUT2D eigenvalue weighted by atomic mass is 32.2. The molecule has 0 aliphatic heterocycles. The molecule has 0 saturated carbocycles. The number of sulfonamides is 1. The standard InChI is InChI=1S/C15H12F17NO4S/c1-3-5-6(37-7(34)4-2)33-38(35,36)15(31,32)13(26,27)11(22,23)9(18,19)8(16,17)10(20,21)12(24,25)14(28,29)30/h4,6,33H,2-3,5H2,1H3. The number of alkyl halides is 17. The summed E-state index contributed by atoms with van der Waals surface area (Å²) < 4.78 is 253. The number of carbonyl (C=O) groups is 1. The molecule has 38 heavy (non-hydrogen) atoms. The first kappa shape index (κ1) is 35.9. The van der Waals surface area contributed by atoms with Crippen molar-refractivity contribution in [1.82, 2.24) is 4.72 Å². The van der Waals surface area contributed by atoms with Gasteiger partial charge >= 0.3 is 52.9 Å². The van der Waals surface area contributed by atoms with Crippen molar-refractivity contribution in [3.05, 3.63) is 12.7 Å². The van der Waals surface area contributed by atoms with Crippen LogP contribution in [0.3, 0.4) is 0 Å². The summed E-state index contributed by atoms with van der Waals surface area (Å²) in [6, 6.07) is 0. The molecule has 226 valence electrons. The number of hydrogen-bond acceptors (Lipinski definition) is 4. The zero-order valence-corrected chi connectivity index (χ0v) is 18.6. The first-order valence-electron chi connectivity index (χ1n) is 8.95. The zero-order chi connectivity index (χ0) is 31.2. The Morgan fingerprint density at radius 1 is 0.737 bits per heavy atom. The van der Waals surface area contributed by atoms with Gasteiger partial charge in [0.1, 0.15) is 0 Å². The van der Waals surface area contributed by atoms with Gasteiger partial charge < -0.3 is 4.74 Å². The van der Waals surface area contributed by atoms with Crippen LogP contribution >= 0.6 is 0 Å². The molecule has 1 N–H and O–H groups in total. The van der Waals surface area contributed by atoms with Crippen LogP contribution in [0.25, 0.3) is 0 Å². The van der Waals surface area contributed by atoms with Crippen molar-refractivity contribution < 1.29 is 92.6 Å². The maximum Gasteiger partial charge on any atom is 0.460 e. The predicted molar refractivity (Wildman–Crippen MR) is 87.7 cm³/mol. The SMILES string of the molecule is C=CC(=O)OC(CCC)NS(=O)(=O)C(F)(F)C(F)(F)C(F)(F)C(F)(F)C(F)(F)C(F)(F)C(F)(F)C(F)(F)F. The van der Waals surface area contributed by atoms with Gasteiger partial charge in [0.2, 0.25) is 0 Å². The zero-order valence-electron chi connectivity index (χ0n) is 17.7. The summed E-state index contributed by atoms with van der Waals surface area (Å²) in [7, 11) is -7.59. The minimum absolute atomic E-state index is 0.206. The number of rotatable bonds is 13. The summed E-state index contributed by atoms with van der Waals surface area (Å²) >= 11 is 0. The van der Waals surface area contributed by atoms with E-state index >= 15 is 0 Å². The van der Waals surface area contributed by atoms with Gasteiger partial charge in [0, 0.05) is 6.08 Å². The summed E-state index contributed by atoms with van der Waals surface area (Å²) in [5, 5.41) is -7.75. The molecule has 0 saturated heterocycles. The Hall–Kier alpha value is -2.07. The van der Waals surface area contributed by atoms with E-state index in [9.17, 15) is 87.8 Å². The lowest BCUT2D eigenvalue weighted by atomic mass is 9.91. The van der Waals surface area contributed by atoms with Crippen LogP contribution in [-0.4, -0.2) is 67.6 Å².